The summed E-state index contributed by atoms with van der Waals surface area (Å²) < 4.78 is 23.6. The molecule has 1 aliphatic heterocycles. The van der Waals surface area contributed by atoms with E-state index in [4.69, 9.17) is 0 Å². The van der Waals surface area contributed by atoms with Gasteiger partial charge in [-0.1, -0.05) is 0 Å². The molecule has 7 nitrogen and oxygen atoms in total. The van der Waals surface area contributed by atoms with Crippen molar-refractivity contribution in [3.63, 3.8) is 0 Å². The first-order chi connectivity index (χ1) is 12.7. The molecule has 1 aromatic carbocycles. The number of benzene rings is 1. The Morgan fingerprint density at radius 2 is 1.81 bits per heavy atom. The lowest BCUT2D eigenvalue weighted by molar-refractivity contribution is -0.143. The standard InChI is InChI=1S/C19H27N3O4S/c1-4-22(16-9-12-27(25,26)13-16)18(24)19(10-11-19)17(23)20-14-5-7-15(8-6-14)21(2)3/h5-8,16H,4,9-13H2,1-3H3,(H,20,23). The Morgan fingerprint density at radius 3 is 2.26 bits per heavy atom. The van der Waals surface area contributed by atoms with Crippen molar-refractivity contribution in [2.45, 2.75) is 32.2 Å². The van der Waals surface area contributed by atoms with Crippen molar-refractivity contribution in [1.29, 1.82) is 0 Å². The van der Waals surface area contributed by atoms with Crippen LogP contribution in [0.25, 0.3) is 0 Å². The number of hydrogen-bond donors (Lipinski definition) is 1. The summed E-state index contributed by atoms with van der Waals surface area (Å²) in [5.74, 6) is -0.436. The van der Waals surface area contributed by atoms with E-state index >= 15 is 0 Å². The van der Waals surface area contributed by atoms with Gasteiger partial charge in [0.15, 0.2) is 9.84 Å². The largest absolute Gasteiger partial charge is 0.378 e. The molecule has 8 heteroatoms. The predicted octanol–water partition coefficient (Wildman–Crippen LogP) is 1.51. The van der Waals surface area contributed by atoms with Gasteiger partial charge in [0.05, 0.1) is 11.5 Å². The van der Waals surface area contributed by atoms with Crippen LogP contribution in [0.3, 0.4) is 0 Å². The fourth-order valence-electron chi connectivity index (χ4n) is 3.62. The molecule has 1 saturated heterocycles. The van der Waals surface area contributed by atoms with Crippen LogP contribution in [0.4, 0.5) is 11.4 Å². The highest BCUT2D eigenvalue weighted by Crippen LogP contribution is 2.48. The van der Waals surface area contributed by atoms with Crippen LogP contribution in [0, 0.1) is 5.41 Å². The number of hydrogen-bond acceptors (Lipinski definition) is 5. The van der Waals surface area contributed by atoms with E-state index in [0.717, 1.165) is 5.69 Å². The Hall–Kier alpha value is -2.09. The van der Waals surface area contributed by atoms with Crippen molar-refractivity contribution in [1.82, 2.24) is 4.90 Å². The van der Waals surface area contributed by atoms with Gasteiger partial charge >= 0.3 is 0 Å². The molecule has 148 valence electrons. The van der Waals surface area contributed by atoms with Crippen LogP contribution >= 0.6 is 0 Å². The zero-order chi connectivity index (χ0) is 19.8. The molecule has 2 aliphatic rings. The summed E-state index contributed by atoms with van der Waals surface area (Å²) in [5.41, 5.74) is 0.615. The summed E-state index contributed by atoms with van der Waals surface area (Å²) in [4.78, 5) is 29.5. The number of carbonyl (C=O) groups excluding carboxylic acids is 2. The summed E-state index contributed by atoms with van der Waals surface area (Å²) in [6.07, 6.45) is 1.46. The molecule has 0 radical (unpaired) electrons. The summed E-state index contributed by atoms with van der Waals surface area (Å²) >= 11 is 0. The minimum absolute atomic E-state index is 0.00369. The molecule has 1 heterocycles. The summed E-state index contributed by atoms with van der Waals surface area (Å²) in [7, 11) is 0.789. The fraction of sp³-hybridized carbons (Fsp3) is 0.579. The number of rotatable bonds is 6. The Morgan fingerprint density at radius 1 is 1.19 bits per heavy atom. The maximum absolute atomic E-state index is 13.1. The molecule has 1 unspecified atom stereocenters. The van der Waals surface area contributed by atoms with Crippen LogP contribution in [-0.4, -0.2) is 63.3 Å². The molecule has 1 atom stereocenters. The Kier molecular flexibility index (Phi) is 5.20. The molecule has 1 N–H and O–H groups in total. The number of anilines is 2. The van der Waals surface area contributed by atoms with E-state index in [1.807, 2.05) is 50.2 Å². The molecule has 0 spiro atoms. The molecular weight excluding hydrogens is 366 g/mol. The van der Waals surface area contributed by atoms with Gasteiger partial charge in [-0.2, -0.15) is 0 Å². The van der Waals surface area contributed by atoms with Gasteiger partial charge in [-0.05, 0) is 50.5 Å². The van der Waals surface area contributed by atoms with Crippen molar-refractivity contribution in [3.05, 3.63) is 24.3 Å². The van der Waals surface area contributed by atoms with E-state index in [0.29, 0.717) is 31.5 Å². The number of nitrogens with one attached hydrogen (secondary N) is 1. The summed E-state index contributed by atoms with van der Waals surface area (Å²) in [6, 6.07) is 7.11. The quantitative estimate of drug-likeness (QED) is 0.741. The van der Waals surface area contributed by atoms with E-state index in [9.17, 15) is 18.0 Å². The highest BCUT2D eigenvalue weighted by atomic mass is 32.2. The topological polar surface area (TPSA) is 86.8 Å². The zero-order valence-electron chi connectivity index (χ0n) is 16.1. The SMILES string of the molecule is CCN(C(=O)C1(C(=O)Nc2ccc(N(C)C)cc2)CC1)C1CCS(=O)(=O)C1. The van der Waals surface area contributed by atoms with Gasteiger partial charge in [0.2, 0.25) is 11.8 Å². The number of amides is 2. The average Bonchev–Trinajstić information content (AvgIpc) is 3.35. The number of sulfone groups is 1. The minimum atomic E-state index is -3.09. The smallest absolute Gasteiger partial charge is 0.240 e. The van der Waals surface area contributed by atoms with Gasteiger partial charge in [-0.3, -0.25) is 9.59 Å². The molecule has 3 rings (SSSR count). The van der Waals surface area contributed by atoms with Crippen molar-refractivity contribution >= 4 is 33.0 Å². The van der Waals surface area contributed by atoms with Crippen LogP contribution in [-0.2, 0) is 19.4 Å². The van der Waals surface area contributed by atoms with Gasteiger partial charge < -0.3 is 15.1 Å². The van der Waals surface area contributed by atoms with Gasteiger partial charge in [0.25, 0.3) is 0 Å². The Balaban J connectivity index is 1.71. The van der Waals surface area contributed by atoms with Gasteiger partial charge in [-0.15, -0.1) is 0 Å². The lowest BCUT2D eigenvalue weighted by Gasteiger charge is -2.30. The zero-order valence-corrected chi connectivity index (χ0v) is 16.9. The van der Waals surface area contributed by atoms with Gasteiger partial charge in [0.1, 0.15) is 5.41 Å². The minimum Gasteiger partial charge on any atom is -0.378 e. The van der Waals surface area contributed by atoms with Crippen LogP contribution in [0.15, 0.2) is 24.3 Å². The average molecular weight is 394 g/mol. The molecule has 1 saturated carbocycles. The second-order valence-electron chi connectivity index (χ2n) is 7.63. The van der Waals surface area contributed by atoms with Crippen LogP contribution in [0.2, 0.25) is 0 Å². The number of nitrogens with zero attached hydrogens (tertiary/aromatic N) is 2. The van der Waals surface area contributed by atoms with E-state index < -0.39 is 15.3 Å². The maximum Gasteiger partial charge on any atom is 0.240 e. The Labute approximate surface area is 160 Å². The van der Waals surface area contributed by atoms with Gasteiger partial charge in [0, 0.05) is 38.1 Å². The van der Waals surface area contributed by atoms with Crippen molar-refractivity contribution in [3.8, 4) is 0 Å². The van der Waals surface area contributed by atoms with E-state index in [2.05, 4.69) is 5.32 Å². The molecule has 2 amide bonds. The van der Waals surface area contributed by atoms with E-state index in [1.54, 1.807) is 4.90 Å². The highest BCUT2D eigenvalue weighted by Gasteiger charge is 2.58. The normalized spacial score (nSPS) is 22.1. The van der Waals surface area contributed by atoms with Crippen LogP contribution in [0.5, 0.6) is 0 Å². The second-order valence-corrected chi connectivity index (χ2v) is 9.85. The van der Waals surface area contributed by atoms with E-state index in [1.165, 1.54) is 0 Å². The first kappa shape index (κ1) is 19.7. The molecule has 2 fully saturated rings. The lowest BCUT2D eigenvalue weighted by atomic mass is 10.0. The fourth-order valence-corrected chi connectivity index (χ4v) is 5.35. The van der Waals surface area contributed by atoms with Gasteiger partial charge in [-0.25, -0.2) is 8.42 Å². The lowest BCUT2D eigenvalue weighted by Crippen LogP contribution is -2.48. The Bertz CT molecular complexity index is 829. The molecule has 27 heavy (non-hydrogen) atoms. The summed E-state index contributed by atoms with van der Waals surface area (Å²) in [6.45, 7) is 2.24. The first-order valence-corrected chi connectivity index (χ1v) is 11.1. The highest BCUT2D eigenvalue weighted by molar-refractivity contribution is 7.91. The molecule has 1 aliphatic carbocycles. The third-order valence-corrected chi connectivity index (χ3v) is 7.24. The van der Waals surface area contributed by atoms with Crippen molar-refractivity contribution < 1.29 is 18.0 Å². The second kappa shape index (κ2) is 7.14. The molecule has 0 aromatic heterocycles. The van der Waals surface area contributed by atoms with Crippen LogP contribution in [0.1, 0.15) is 26.2 Å². The third kappa shape index (κ3) is 3.95. The monoisotopic (exact) mass is 393 g/mol. The van der Waals surface area contributed by atoms with Crippen molar-refractivity contribution in [2.75, 3.05) is 42.4 Å². The molecule has 1 aromatic rings. The summed E-state index contributed by atoms with van der Waals surface area (Å²) in [5, 5.41) is 2.85. The van der Waals surface area contributed by atoms with E-state index in [-0.39, 0.29) is 29.4 Å². The molecule has 0 bridgehead atoms. The van der Waals surface area contributed by atoms with Crippen LogP contribution < -0.4 is 10.2 Å². The predicted molar refractivity (Wildman–Crippen MR) is 106 cm³/mol. The first-order valence-electron chi connectivity index (χ1n) is 9.29. The van der Waals surface area contributed by atoms with Crippen molar-refractivity contribution in [2.24, 2.45) is 5.41 Å². The molecular formula is C19H27N3O4S. The maximum atomic E-state index is 13.1. The number of carbonyl (C=O) groups is 2. The third-order valence-electron chi connectivity index (χ3n) is 5.49.